The van der Waals surface area contributed by atoms with Crippen molar-refractivity contribution in [2.24, 2.45) is 0 Å². The quantitative estimate of drug-likeness (QED) is 0.604. The molecule has 0 radical (unpaired) electrons. The molecule has 6 nitrogen and oxygen atoms in total. The minimum Gasteiger partial charge on any atom is -0.478 e. The van der Waals surface area contributed by atoms with E-state index in [4.69, 9.17) is 10.2 Å². The Hall–Kier alpha value is -2.76. The Morgan fingerprint density at radius 3 is 0.900 bits per heavy atom. The SMILES string of the molecule is C=C(C)C=O.C=C(C)C=O.C=CC(=O)O.C=CC(=O)O. The first kappa shape index (κ1) is 25.9. The maximum Gasteiger partial charge on any atom is 0.327 e. The van der Waals surface area contributed by atoms with E-state index in [2.05, 4.69) is 26.3 Å². The molecule has 2 N–H and O–H groups in total. The van der Waals surface area contributed by atoms with Gasteiger partial charge in [0.2, 0.25) is 0 Å². The topological polar surface area (TPSA) is 109 Å². The summed E-state index contributed by atoms with van der Waals surface area (Å²) in [5, 5.41) is 15.2. The number of aliphatic carboxylic acids is 2. The number of allylic oxidation sites excluding steroid dienone is 2. The molecule has 20 heavy (non-hydrogen) atoms. The highest BCUT2D eigenvalue weighted by molar-refractivity contribution is 5.79. The molecule has 0 aromatic rings. The highest BCUT2D eigenvalue weighted by atomic mass is 16.4. The number of rotatable bonds is 4. The second-order valence-corrected chi connectivity index (χ2v) is 3.01. The van der Waals surface area contributed by atoms with E-state index in [-0.39, 0.29) is 0 Å². The van der Waals surface area contributed by atoms with Crippen LogP contribution in [0.4, 0.5) is 0 Å². The molecule has 0 fully saturated rings. The van der Waals surface area contributed by atoms with Crippen molar-refractivity contribution in [1.82, 2.24) is 0 Å². The third-order valence-electron chi connectivity index (χ3n) is 0.752. The molecule has 0 saturated heterocycles. The van der Waals surface area contributed by atoms with Crippen molar-refractivity contribution < 1.29 is 29.4 Å². The van der Waals surface area contributed by atoms with Gasteiger partial charge in [0.1, 0.15) is 12.6 Å². The van der Waals surface area contributed by atoms with Gasteiger partial charge in [0.15, 0.2) is 0 Å². The van der Waals surface area contributed by atoms with Crippen molar-refractivity contribution >= 4 is 24.5 Å². The number of carbonyl (C=O) groups excluding carboxylic acids is 2. The largest absolute Gasteiger partial charge is 0.478 e. The van der Waals surface area contributed by atoms with E-state index in [0.717, 1.165) is 24.7 Å². The van der Waals surface area contributed by atoms with Crippen molar-refractivity contribution in [3.63, 3.8) is 0 Å². The van der Waals surface area contributed by atoms with Gasteiger partial charge in [-0.2, -0.15) is 0 Å². The third kappa shape index (κ3) is 113. The standard InChI is InChI=1S/2C4H6O.2C3H4O2/c2*1-4(2)3-5;2*1-2-3(4)5/h2*3H,1H2,2H3;2*2H,1H2,(H,4,5). The van der Waals surface area contributed by atoms with E-state index in [0.29, 0.717) is 11.1 Å². The summed E-state index contributed by atoms with van der Waals surface area (Å²) in [7, 11) is 0. The number of carboxylic acids is 2. The van der Waals surface area contributed by atoms with Gasteiger partial charge in [-0.15, -0.1) is 0 Å². The highest BCUT2D eigenvalue weighted by Gasteiger charge is 1.74. The lowest BCUT2D eigenvalue weighted by atomic mass is 10.4. The smallest absolute Gasteiger partial charge is 0.327 e. The second kappa shape index (κ2) is 21.5. The number of hydrogen-bond acceptors (Lipinski definition) is 4. The van der Waals surface area contributed by atoms with E-state index < -0.39 is 11.9 Å². The highest BCUT2D eigenvalue weighted by Crippen LogP contribution is 1.71. The molecule has 0 spiro atoms. The summed E-state index contributed by atoms with van der Waals surface area (Å²) in [6, 6.07) is 0. The molecule has 6 heteroatoms. The van der Waals surface area contributed by atoms with Crippen LogP contribution >= 0.6 is 0 Å². The van der Waals surface area contributed by atoms with Crippen LogP contribution in [0.5, 0.6) is 0 Å². The van der Waals surface area contributed by atoms with Gasteiger partial charge in [-0.25, -0.2) is 9.59 Å². The van der Waals surface area contributed by atoms with Crippen LogP contribution in [-0.2, 0) is 19.2 Å². The van der Waals surface area contributed by atoms with Crippen molar-refractivity contribution in [3.8, 4) is 0 Å². The maximum atomic E-state index is 9.41. The van der Waals surface area contributed by atoms with Crippen LogP contribution < -0.4 is 0 Å². The summed E-state index contributed by atoms with van der Waals surface area (Å²) >= 11 is 0. The predicted molar refractivity (Wildman–Crippen MR) is 77.4 cm³/mol. The number of carboxylic acid groups (broad SMARTS) is 2. The maximum absolute atomic E-state index is 9.41. The molecule has 0 rings (SSSR count). The summed E-state index contributed by atoms with van der Waals surface area (Å²) in [5.41, 5.74) is 1.15. The molecule has 0 aliphatic heterocycles. The summed E-state index contributed by atoms with van der Waals surface area (Å²) in [5.74, 6) is -1.96. The molecular formula is C14H20O6. The molecule has 0 unspecified atom stereocenters. The predicted octanol–water partition coefficient (Wildman–Crippen LogP) is 2.04. The summed E-state index contributed by atoms with van der Waals surface area (Å²) < 4.78 is 0. The fraction of sp³-hybridized carbons (Fsp3) is 0.143. The number of hydrogen-bond donors (Lipinski definition) is 2. The van der Waals surface area contributed by atoms with Crippen LogP contribution in [0, 0.1) is 0 Å². The molecule has 0 aromatic heterocycles. The van der Waals surface area contributed by atoms with E-state index >= 15 is 0 Å². The first-order valence-electron chi connectivity index (χ1n) is 5.01. The van der Waals surface area contributed by atoms with E-state index in [9.17, 15) is 19.2 Å². The lowest BCUT2D eigenvalue weighted by Gasteiger charge is -1.65. The minimum atomic E-state index is -0.981. The van der Waals surface area contributed by atoms with Crippen molar-refractivity contribution in [1.29, 1.82) is 0 Å². The van der Waals surface area contributed by atoms with Gasteiger partial charge in [-0.05, 0) is 25.0 Å². The molecule has 112 valence electrons. The summed E-state index contributed by atoms with van der Waals surface area (Å²) in [6.45, 7) is 15.9. The Bertz CT molecular complexity index is 294. The molecular weight excluding hydrogens is 264 g/mol. The van der Waals surface area contributed by atoms with Crippen molar-refractivity contribution in [3.05, 3.63) is 49.6 Å². The summed E-state index contributed by atoms with van der Waals surface area (Å²) in [4.78, 5) is 37.3. The van der Waals surface area contributed by atoms with Gasteiger partial charge in [0.25, 0.3) is 0 Å². The zero-order valence-electron chi connectivity index (χ0n) is 11.7. The average Bonchev–Trinajstić information content (AvgIpc) is 2.40. The normalized spacial score (nSPS) is 6.50. The molecule has 0 aliphatic rings. The molecule has 0 atom stereocenters. The van der Waals surface area contributed by atoms with Crippen LogP contribution in [0.1, 0.15) is 13.8 Å². The van der Waals surface area contributed by atoms with Gasteiger partial charge in [-0.1, -0.05) is 26.3 Å². The molecule has 0 aliphatic carbocycles. The van der Waals surface area contributed by atoms with Crippen LogP contribution in [0.3, 0.4) is 0 Å². The first-order chi connectivity index (χ1) is 9.08. The molecule has 0 amide bonds. The van der Waals surface area contributed by atoms with Crippen molar-refractivity contribution in [2.75, 3.05) is 0 Å². The van der Waals surface area contributed by atoms with Crippen LogP contribution in [0.15, 0.2) is 49.6 Å². The lowest BCUT2D eigenvalue weighted by Crippen LogP contribution is -1.82. The lowest BCUT2D eigenvalue weighted by molar-refractivity contribution is -0.132. The molecule has 0 bridgehead atoms. The average molecular weight is 284 g/mol. The number of aldehydes is 2. The monoisotopic (exact) mass is 284 g/mol. The zero-order chi connectivity index (χ0) is 17.1. The second-order valence-electron chi connectivity index (χ2n) is 3.01. The fourth-order valence-electron chi connectivity index (χ4n) is 0. The van der Waals surface area contributed by atoms with Gasteiger partial charge < -0.3 is 10.2 Å². The Balaban J connectivity index is -0.0000000853. The first-order valence-corrected chi connectivity index (χ1v) is 5.01. The zero-order valence-corrected chi connectivity index (χ0v) is 11.7. The van der Waals surface area contributed by atoms with Gasteiger partial charge in [0.05, 0.1) is 0 Å². The Labute approximate surface area is 118 Å². The minimum absolute atomic E-state index is 0.574. The summed E-state index contributed by atoms with van der Waals surface area (Å²) in [6.07, 6.45) is 3.11. The number of carbonyl (C=O) groups is 4. The molecule has 0 saturated carbocycles. The Morgan fingerprint density at radius 2 is 0.900 bits per heavy atom. The van der Waals surface area contributed by atoms with Gasteiger partial charge in [0, 0.05) is 12.2 Å². The fourth-order valence-corrected chi connectivity index (χ4v) is 0. The van der Waals surface area contributed by atoms with Gasteiger partial charge >= 0.3 is 11.9 Å². The van der Waals surface area contributed by atoms with Crippen LogP contribution in [0.25, 0.3) is 0 Å². The van der Waals surface area contributed by atoms with E-state index in [1.54, 1.807) is 13.8 Å². The van der Waals surface area contributed by atoms with Crippen molar-refractivity contribution in [2.45, 2.75) is 13.8 Å². The van der Waals surface area contributed by atoms with Gasteiger partial charge in [-0.3, -0.25) is 9.59 Å². The van der Waals surface area contributed by atoms with Crippen LogP contribution in [0.2, 0.25) is 0 Å². The molecule has 0 aromatic carbocycles. The Kier molecular flexibility index (Phi) is 27.9. The Morgan fingerprint density at radius 1 is 0.800 bits per heavy atom. The third-order valence-corrected chi connectivity index (χ3v) is 0.752. The van der Waals surface area contributed by atoms with E-state index in [1.165, 1.54) is 0 Å². The van der Waals surface area contributed by atoms with E-state index in [1.807, 2.05) is 0 Å². The molecule has 0 heterocycles. The van der Waals surface area contributed by atoms with Crippen LogP contribution in [-0.4, -0.2) is 34.7 Å².